The van der Waals surface area contributed by atoms with Gasteiger partial charge in [0.2, 0.25) is 0 Å². The van der Waals surface area contributed by atoms with Crippen LogP contribution in [0.25, 0.3) is 0 Å². The monoisotopic (exact) mass is 298 g/mol. The smallest absolute Gasteiger partial charge is 0.119 e. The lowest BCUT2D eigenvalue weighted by Crippen LogP contribution is -2.30. The molecule has 2 aromatic carbocycles. The number of nitrogens with one attached hydrogen (secondary N) is 1. The fourth-order valence-corrected chi connectivity index (χ4v) is 2.35. The van der Waals surface area contributed by atoms with Gasteiger partial charge in [0.05, 0.1) is 0 Å². The molecule has 2 aromatic rings. The van der Waals surface area contributed by atoms with Crippen molar-refractivity contribution in [1.82, 2.24) is 0 Å². The van der Waals surface area contributed by atoms with E-state index in [0.717, 1.165) is 24.4 Å². The summed E-state index contributed by atoms with van der Waals surface area (Å²) in [6.07, 6.45) is 1.03. The first-order chi connectivity index (χ1) is 10.6. The second-order valence-corrected chi connectivity index (χ2v) is 6.07. The number of rotatable bonds is 8. The van der Waals surface area contributed by atoms with Crippen LogP contribution in [0, 0.1) is 5.92 Å². The van der Waals surface area contributed by atoms with Crippen molar-refractivity contribution >= 4 is 5.69 Å². The maximum atomic E-state index is 6.08. The van der Waals surface area contributed by atoms with Gasteiger partial charge in [0.15, 0.2) is 0 Å². The largest absolute Gasteiger partial charge is 0.489 e. The molecule has 22 heavy (non-hydrogen) atoms. The molecule has 3 heteroatoms. The van der Waals surface area contributed by atoms with Gasteiger partial charge in [0.1, 0.15) is 12.4 Å². The Bertz CT molecular complexity index is 537. The van der Waals surface area contributed by atoms with Crippen molar-refractivity contribution in [1.29, 1.82) is 0 Å². The Kier molecular flexibility index (Phi) is 6.28. The van der Waals surface area contributed by atoms with Crippen molar-refractivity contribution in [2.45, 2.75) is 32.9 Å². The lowest BCUT2D eigenvalue weighted by molar-refractivity contribution is 0.306. The molecule has 0 radical (unpaired) electrons. The average molecular weight is 298 g/mol. The molecule has 0 amide bonds. The maximum absolute atomic E-state index is 6.08. The number of benzene rings is 2. The van der Waals surface area contributed by atoms with E-state index < -0.39 is 0 Å². The summed E-state index contributed by atoms with van der Waals surface area (Å²) in [5.74, 6) is 1.51. The fourth-order valence-electron chi connectivity index (χ4n) is 2.35. The van der Waals surface area contributed by atoms with Gasteiger partial charge in [-0.15, -0.1) is 0 Å². The predicted octanol–water partition coefficient (Wildman–Crippen LogP) is 4.05. The normalized spacial score (nSPS) is 12.2. The highest BCUT2D eigenvalue weighted by molar-refractivity contribution is 5.46. The van der Waals surface area contributed by atoms with E-state index in [1.807, 2.05) is 42.5 Å². The van der Waals surface area contributed by atoms with E-state index >= 15 is 0 Å². The van der Waals surface area contributed by atoms with Gasteiger partial charge in [-0.1, -0.05) is 44.2 Å². The summed E-state index contributed by atoms with van der Waals surface area (Å²) in [5.41, 5.74) is 8.32. The van der Waals surface area contributed by atoms with Crippen molar-refractivity contribution in [2.75, 3.05) is 11.9 Å². The van der Waals surface area contributed by atoms with Gasteiger partial charge >= 0.3 is 0 Å². The molecule has 0 aliphatic heterocycles. The molecule has 3 N–H and O–H groups in total. The molecule has 0 saturated carbocycles. The highest BCUT2D eigenvalue weighted by Gasteiger charge is 2.05. The van der Waals surface area contributed by atoms with E-state index in [4.69, 9.17) is 10.5 Å². The highest BCUT2D eigenvalue weighted by Crippen LogP contribution is 2.17. The van der Waals surface area contributed by atoms with Crippen molar-refractivity contribution in [3.8, 4) is 5.75 Å². The van der Waals surface area contributed by atoms with Crippen LogP contribution in [0.1, 0.15) is 25.8 Å². The summed E-state index contributed by atoms with van der Waals surface area (Å²) < 4.78 is 5.77. The minimum absolute atomic E-state index is 0.189. The molecular formula is C19H26N2O. The quantitative estimate of drug-likeness (QED) is 0.773. The molecule has 0 bridgehead atoms. The molecule has 0 heterocycles. The lowest BCUT2D eigenvalue weighted by atomic mass is 10.0. The van der Waals surface area contributed by atoms with Crippen LogP contribution in [0.3, 0.4) is 0 Å². The van der Waals surface area contributed by atoms with Crippen LogP contribution in [-0.2, 0) is 6.61 Å². The molecule has 2 rings (SSSR count). The van der Waals surface area contributed by atoms with E-state index in [2.05, 4.69) is 31.3 Å². The van der Waals surface area contributed by atoms with Gasteiger partial charge in [-0.05, 0) is 42.2 Å². The Hall–Kier alpha value is -2.00. The molecule has 0 saturated heterocycles. The van der Waals surface area contributed by atoms with Crippen LogP contribution in [0.4, 0.5) is 5.69 Å². The van der Waals surface area contributed by atoms with Gasteiger partial charge < -0.3 is 15.8 Å². The van der Waals surface area contributed by atoms with E-state index in [1.165, 1.54) is 5.56 Å². The molecule has 3 nitrogen and oxygen atoms in total. The second kappa shape index (κ2) is 8.44. The summed E-state index contributed by atoms with van der Waals surface area (Å²) in [7, 11) is 0. The van der Waals surface area contributed by atoms with Crippen molar-refractivity contribution < 1.29 is 4.74 Å². The molecular weight excluding hydrogens is 272 g/mol. The zero-order valence-corrected chi connectivity index (χ0v) is 13.5. The van der Waals surface area contributed by atoms with Crippen LogP contribution < -0.4 is 15.8 Å². The third kappa shape index (κ3) is 5.78. The number of hydrogen-bond donors (Lipinski definition) is 2. The third-order valence-corrected chi connectivity index (χ3v) is 3.45. The Morgan fingerprint density at radius 3 is 2.32 bits per heavy atom. The first-order valence-electron chi connectivity index (χ1n) is 7.89. The van der Waals surface area contributed by atoms with Gasteiger partial charge in [-0.2, -0.15) is 0 Å². The third-order valence-electron chi connectivity index (χ3n) is 3.45. The Labute approximate surface area is 133 Å². The topological polar surface area (TPSA) is 47.3 Å². The first kappa shape index (κ1) is 16.4. The van der Waals surface area contributed by atoms with Gasteiger partial charge in [0.25, 0.3) is 0 Å². The summed E-state index contributed by atoms with van der Waals surface area (Å²) in [5, 5.41) is 3.37. The van der Waals surface area contributed by atoms with Crippen LogP contribution in [0.15, 0.2) is 54.6 Å². The molecule has 118 valence electrons. The van der Waals surface area contributed by atoms with Crippen LogP contribution >= 0.6 is 0 Å². The van der Waals surface area contributed by atoms with Gasteiger partial charge in [0, 0.05) is 18.3 Å². The molecule has 0 fully saturated rings. The van der Waals surface area contributed by atoms with Crippen molar-refractivity contribution in [3.63, 3.8) is 0 Å². The van der Waals surface area contributed by atoms with E-state index in [9.17, 15) is 0 Å². The van der Waals surface area contributed by atoms with Crippen molar-refractivity contribution in [2.24, 2.45) is 11.7 Å². The Morgan fingerprint density at radius 2 is 1.68 bits per heavy atom. The molecule has 0 aliphatic carbocycles. The van der Waals surface area contributed by atoms with Gasteiger partial charge in [-0.25, -0.2) is 0 Å². The number of anilines is 1. The molecule has 1 unspecified atom stereocenters. The van der Waals surface area contributed by atoms with Crippen LogP contribution in [-0.4, -0.2) is 12.6 Å². The van der Waals surface area contributed by atoms with E-state index in [0.29, 0.717) is 12.5 Å². The highest BCUT2D eigenvalue weighted by atomic mass is 16.5. The van der Waals surface area contributed by atoms with Crippen molar-refractivity contribution in [3.05, 3.63) is 60.2 Å². The Morgan fingerprint density at radius 1 is 1.00 bits per heavy atom. The molecule has 0 aromatic heterocycles. The minimum Gasteiger partial charge on any atom is -0.489 e. The zero-order chi connectivity index (χ0) is 15.8. The summed E-state index contributed by atoms with van der Waals surface area (Å²) >= 11 is 0. The first-order valence-corrected chi connectivity index (χ1v) is 7.89. The maximum Gasteiger partial charge on any atom is 0.119 e. The lowest BCUT2D eigenvalue weighted by Gasteiger charge is -2.16. The molecule has 0 aliphatic rings. The number of nitrogens with two attached hydrogens (primary N) is 1. The van der Waals surface area contributed by atoms with E-state index in [-0.39, 0.29) is 6.04 Å². The van der Waals surface area contributed by atoms with Crippen LogP contribution in [0.5, 0.6) is 5.75 Å². The van der Waals surface area contributed by atoms with E-state index in [1.54, 1.807) is 0 Å². The zero-order valence-electron chi connectivity index (χ0n) is 13.5. The predicted molar refractivity (Wildman–Crippen MR) is 93.1 cm³/mol. The van der Waals surface area contributed by atoms with Gasteiger partial charge in [-0.3, -0.25) is 0 Å². The molecule has 0 spiro atoms. The number of hydrogen-bond acceptors (Lipinski definition) is 3. The summed E-state index contributed by atoms with van der Waals surface area (Å²) in [6, 6.07) is 18.4. The Balaban J connectivity index is 1.78. The average Bonchev–Trinajstić information content (AvgIpc) is 2.52. The fraction of sp³-hybridized carbons (Fsp3) is 0.368. The number of ether oxygens (including phenoxy) is 1. The molecule has 1 atom stereocenters. The second-order valence-electron chi connectivity index (χ2n) is 6.07. The summed E-state index contributed by atoms with van der Waals surface area (Å²) in [4.78, 5) is 0. The standard InChI is InChI=1S/C19H26N2O/c1-15(2)12-17(20)13-21-18-8-10-19(11-9-18)22-14-16-6-4-3-5-7-16/h3-11,15,17,21H,12-14,20H2,1-2H3. The minimum atomic E-state index is 0.189. The van der Waals surface area contributed by atoms with Crippen LogP contribution in [0.2, 0.25) is 0 Å². The SMILES string of the molecule is CC(C)CC(N)CNc1ccc(OCc2ccccc2)cc1. The summed E-state index contributed by atoms with van der Waals surface area (Å²) in [6.45, 7) is 5.77.